The molecule has 5 heteroatoms. The molecule has 4 N–H and O–H groups in total. The molecular formula is C12H18N4O. The van der Waals surface area contributed by atoms with Crippen LogP contribution >= 0.6 is 0 Å². The molecule has 5 nitrogen and oxygen atoms in total. The number of nitrogens with one attached hydrogen (secondary N) is 2. The predicted octanol–water partition coefficient (Wildman–Crippen LogP) is 1.29. The van der Waals surface area contributed by atoms with Crippen LogP contribution in [-0.2, 0) is 0 Å². The lowest BCUT2D eigenvalue weighted by Gasteiger charge is -2.38. The number of rotatable bonds is 4. The third-order valence-corrected chi connectivity index (χ3v) is 3.46. The van der Waals surface area contributed by atoms with E-state index in [1.54, 1.807) is 12.3 Å². The second kappa shape index (κ2) is 4.71. The van der Waals surface area contributed by atoms with Crippen molar-refractivity contribution in [1.29, 1.82) is 0 Å². The average Bonchev–Trinajstić information content (AvgIpc) is 2.33. The number of carbonyl (C=O) groups excluding carboxylic acids is 1. The molecule has 1 aliphatic rings. The Morgan fingerprint density at radius 3 is 2.94 bits per heavy atom. The van der Waals surface area contributed by atoms with Crippen LogP contribution in [0.1, 0.15) is 36.5 Å². The summed E-state index contributed by atoms with van der Waals surface area (Å²) in [7, 11) is 0. The molecule has 0 aliphatic heterocycles. The SMILES string of the molecule is CC1(CNC(=O)c2cnccc2NN)CCC1. The highest BCUT2D eigenvalue weighted by molar-refractivity contribution is 5.99. The summed E-state index contributed by atoms with van der Waals surface area (Å²) < 4.78 is 0. The van der Waals surface area contributed by atoms with Crippen LogP contribution in [0.4, 0.5) is 5.69 Å². The van der Waals surface area contributed by atoms with Gasteiger partial charge in [0.1, 0.15) is 0 Å². The van der Waals surface area contributed by atoms with Gasteiger partial charge in [0.15, 0.2) is 0 Å². The largest absolute Gasteiger partial charge is 0.351 e. The van der Waals surface area contributed by atoms with E-state index in [0.29, 0.717) is 17.8 Å². The molecule has 0 saturated heterocycles. The summed E-state index contributed by atoms with van der Waals surface area (Å²) in [5.74, 6) is 5.22. The second-order valence-electron chi connectivity index (χ2n) is 4.91. The Labute approximate surface area is 101 Å². The Morgan fingerprint density at radius 1 is 1.59 bits per heavy atom. The molecule has 0 spiro atoms. The molecule has 2 rings (SSSR count). The van der Waals surface area contributed by atoms with Crippen molar-refractivity contribution in [3.8, 4) is 0 Å². The fourth-order valence-electron chi connectivity index (χ4n) is 2.05. The molecule has 1 fully saturated rings. The van der Waals surface area contributed by atoms with E-state index in [4.69, 9.17) is 5.84 Å². The molecule has 1 amide bonds. The number of carbonyl (C=O) groups is 1. The van der Waals surface area contributed by atoms with Gasteiger partial charge < -0.3 is 10.7 Å². The number of hydrogen-bond donors (Lipinski definition) is 3. The molecule has 1 aromatic rings. The van der Waals surface area contributed by atoms with Crippen LogP contribution in [0.2, 0.25) is 0 Å². The highest BCUT2D eigenvalue weighted by Crippen LogP contribution is 2.39. The first-order chi connectivity index (χ1) is 8.14. The zero-order valence-electron chi connectivity index (χ0n) is 9.99. The quantitative estimate of drug-likeness (QED) is 0.541. The topological polar surface area (TPSA) is 80.0 Å². The molecule has 0 atom stereocenters. The molecule has 17 heavy (non-hydrogen) atoms. The number of nitrogens with zero attached hydrogens (tertiary/aromatic N) is 1. The molecule has 0 radical (unpaired) electrons. The maximum Gasteiger partial charge on any atom is 0.255 e. The molecular weight excluding hydrogens is 216 g/mol. The lowest BCUT2D eigenvalue weighted by atomic mass is 9.70. The van der Waals surface area contributed by atoms with Crippen LogP contribution in [0.5, 0.6) is 0 Å². The van der Waals surface area contributed by atoms with Crippen LogP contribution in [0.3, 0.4) is 0 Å². The first kappa shape index (κ1) is 11.9. The van der Waals surface area contributed by atoms with Gasteiger partial charge in [0.25, 0.3) is 5.91 Å². The number of hydrazine groups is 1. The normalized spacial score (nSPS) is 17.1. The Morgan fingerprint density at radius 2 is 2.35 bits per heavy atom. The van der Waals surface area contributed by atoms with E-state index < -0.39 is 0 Å². The Hall–Kier alpha value is -1.62. The lowest BCUT2D eigenvalue weighted by Crippen LogP contribution is -2.40. The summed E-state index contributed by atoms with van der Waals surface area (Å²) in [4.78, 5) is 15.9. The van der Waals surface area contributed by atoms with Gasteiger partial charge in [-0.1, -0.05) is 13.3 Å². The Balaban J connectivity index is 1.99. The summed E-state index contributed by atoms with van der Waals surface area (Å²) >= 11 is 0. The van der Waals surface area contributed by atoms with Gasteiger partial charge in [-0.05, 0) is 24.3 Å². The minimum absolute atomic E-state index is 0.126. The third kappa shape index (κ3) is 2.55. The Bertz CT molecular complexity index is 415. The highest BCUT2D eigenvalue weighted by atomic mass is 16.1. The number of amides is 1. The zero-order chi connectivity index (χ0) is 12.3. The molecule has 92 valence electrons. The average molecular weight is 234 g/mol. The van der Waals surface area contributed by atoms with Gasteiger partial charge >= 0.3 is 0 Å². The van der Waals surface area contributed by atoms with Crippen molar-refractivity contribution in [1.82, 2.24) is 10.3 Å². The highest BCUT2D eigenvalue weighted by Gasteiger charge is 2.32. The van der Waals surface area contributed by atoms with E-state index in [1.807, 2.05) is 0 Å². The van der Waals surface area contributed by atoms with Crippen molar-refractivity contribution in [3.05, 3.63) is 24.0 Å². The van der Waals surface area contributed by atoms with Crippen LogP contribution in [0.15, 0.2) is 18.5 Å². The molecule has 1 aromatic heterocycles. The minimum atomic E-state index is -0.126. The van der Waals surface area contributed by atoms with Crippen molar-refractivity contribution < 1.29 is 4.79 Å². The summed E-state index contributed by atoms with van der Waals surface area (Å²) in [6.45, 7) is 2.91. The van der Waals surface area contributed by atoms with E-state index in [1.165, 1.54) is 25.5 Å². The van der Waals surface area contributed by atoms with Crippen molar-refractivity contribution in [2.45, 2.75) is 26.2 Å². The van der Waals surface area contributed by atoms with Gasteiger partial charge in [0, 0.05) is 18.9 Å². The minimum Gasteiger partial charge on any atom is -0.351 e. The fourth-order valence-corrected chi connectivity index (χ4v) is 2.05. The number of hydrogen-bond acceptors (Lipinski definition) is 4. The van der Waals surface area contributed by atoms with Crippen molar-refractivity contribution >= 4 is 11.6 Å². The standard InChI is InChI=1S/C12H18N4O/c1-12(4-2-5-12)8-15-11(17)9-7-14-6-3-10(9)16-13/h3,6-7H,2,4-5,8,13H2,1H3,(H,14,16)(H,15,17). The van der Waals surface area contributed by atoms with Gasteiger partial charge in [-0.15, -0.1) is 0 Å². The van der Waals surface area contributed by atoms with Crippen LogP contribution < -0.4 is 16.6 Å². The molecule has 0 bridgehead atoms. The molecule has 1 saturated carbocycles. The third-order valence-electron chi connectivity index (χ3n) is 3.46. The van der Waals surface area contributed by atoms with Crippen molar-refractivity contribution in [2.24, 2.45) is 11.3 Å². The maximum atomic E-state index is 12.0. The van der Waals surface area contributed by atoms with E-state index in [2.05, 4.69) is 22.7 Å². The molecule has 0 aromatic carbocycles. The van der Waals surface area contributed by atoms with Crippen LogP contribution in [-0.4, -0.2) is 17.4 Å². The first-order valence-corrected chi connectivity index (χ1v) is 5.83. The maximum absolute atomic E-state index is 12.0. The second-order valence-corrected chi connectivity index (χ2v) is 4.91. The number of anilines is 1. The van der Waals surface area contributed by atoms with Gasteiger partial charge in [-0.3, -0.25) is 15.6 Å². The Kier molecular flexibility index (Phi) is 3.28. The molecule has 1 aliphatic carbocycles. The van der Waals surface area contributed by atoms with Gasteiger partial charge in [-0.25, -0.2) is 0 Å². The van der Waals surface area contributed by atoms with Crippen LogP contribution in [0.25, 0.3) is 0 Å². The molecule has 1 heterocycles. The van der Waals surface area contributed by atoms with E-state index >= 15 is 0 Å². The summed E-state index contributed by atoms with van der Waals surface area (Å²) in [5.41, 5.74) is 3.85. The van der Waals surface area contributed by atoms with Crippen molar-refractivity contribution in [2.75, 3.05) is 12.0 Å². The lowest BCUT2D eigenvalue weighted by molar-refractivity contribution is 0.0891. The van der Waals surface area contributed by atoms with E-state index in [-0.39, 0.29) is 11.3 Å². The van der Waals surface area contributed by atoms with E-state index in [9.17, 15) is 4.79 Å². The van der Waals surface area contributed by atoms with E-state index in [0.717, 1.165) is 0 Å². The predicted molar refractivity (Wildman–Crippen MR) is 66.3 cm³/mol. The number of pyridine rings is 1. The smallest absolute Gasteiger partial charge is 0.255 e. The number of aromatic nitrogens is 1. The van der Waals surface area contributed by atoms with Gasteiger partial charge in [0.2, 0.25) is 0 Å². The van der Waals surface area contributed by atoms with Gasteiger partial charge in [-0.2, -0.15) is 0 Å². The number of nitrogens with two attached hydrogens (primary N) is 1. The van der Waals surface area contributed by atoms with Crippen LogP contribution in [0, 0.1) is 5.41 Å². The summed E-state index contributed by atoms with van der Waals surface area (Å²) in [5, 5.41) is 2.94. The monoisotopic (exact) mass is 234 g/mol. The fraction of sp³-hybridized carbons (Fsp3) is 0.500. The number of nitrogen functional groups attached to an aromatic ring is 1. The van der Waals surface area contributed by atoms with Crippen molar-refractivity contribution in [3.63, 3.8) is 0 Å². The van der Waals surface area contributed by atoms with Gasteiger partial charge in [0.05, 0.1) is 11.3 Å². The first-order valence-electron chi connectivity index (χ1n) is 5.83. The summed E-state index contributed by atoms with van der Waals surface area (Å²) in [6, 6.07) is 1.68. The molecule has 0 unspecified atom stereocenters. The summed E-state index contributed by atoms with van der Waals surface area (Å²) in [6.07, 6.45) is 6.74. The zero-order valence-corrected chi connectivity index (χ0v) is 9.99.